The summed E-state index contributed by atoms with van der Waals surface area (Å²) in [6.07, 6.45) is 5.72. The maximum absolute atomic E-state index is 5.78. The van der Waals surface area contributed by atoms with Crippen molar-refractivity contribution in [3.05, 3.63) is 30.1 Å². The molecule has 0 aliphatic carbocycles. The lowest BCUT2D eigenvalue weighted by Crippen LogP contribution is -2.54. The lowest BCUT2D eigenvalue weighted by atomic mass is 9.80. The summed E-state index contributed by atoms with van der Waals surface area (Å²) < 4.78 is 0. The minimum atomic E-state index is 0.0117. The second-order valence-corrected chi connectivity index (χ2v) is 4.59. The van der Waals surface area contributed by atoms with Gasteiger partial charge in [-0.2, -0.15) is 0 Å². The van der Waals surface area contributed by atoms with Gasteiger partial charge in [-0.25, -0.2) is 0 Å². The first-order valence-electron chi connectivity index (χ1n) is 6.15. The average molecular weight is 236 g/mol. The predicted octanol–water partition coefficient (Wildman–Crippen LogP) is 1.71. The monoisotopic (exact) mass is 236 g/mol. The molecule has 0 aliphatic rings. The zero-order valence-corrected chi connectivity index (χ0v) is 11.3. The molecule has 17 heavy (non-hydrogen) atoms. The lowest BCUT2D eigenvalue weighted by Gasteiger charge is -2.44. The van der Waals surface area contributed by atoms with Gasteiger partial charge < -0.3 is 4.90 Å². The third-order valence-corrected chi connectivity index (χ3v) is 3.84. The highest BCUT2D eigenvalue weighted by Gasteiger charge is 2.38. The number of hydrazine groups is 1. The van der Waals surface area contributed by atoms with Gasteiger partial charge in [-0.05, 0) is 38.6 Å². The van der Waals surface area contributed by atoms with E-state index in [4.69, 9.17) is 5.84 Å². The second kappa shape index (κ2) is 6.10. The third-order valence-electron chi connectivity index (χ3n) is 3.84. The number of likely N-dealkylation sites (N-methyl/N-ethyl adjacent to an activating group) is 1. The van der Waals surface area contributed by atoms with E-state index in [1.165, 1.54) is 0 Å². The van der Waals surface area contributed by atoms with Gasteiger partial charge in [0, 0.05) is 17.9 Å². The molecule has 1 atom stereocenters. The molecule has 4 heteroatoms. The summed E-state index contributed by atoms with van der Waals surface area (Å²) in [4.78, 5) is 6.44. The van der Waals surface area contributed by atoms with Crippen LogP contribution in [0.2, 0.25) is 0 Å². The van der Waals surface area contributed by atoms with Crippen LogP contribution in [0.4, 0.5) is 0 Å². The Balaban J connectivity index is 3.14. The van der Waals surface area contributed by atoms with E-state index in [-0.39, 0.29) is 11.6 Å². The van der Waals surface area contributed by atoms with Crippen molar-refractivity contribution in [3.63, 3.8) is 0 Å². The van der Waals surface area contributed by atoms with Gasteiger partial charge in [0.2, 0.25) is 0 Å². The lowest BCUT2D eigenvalue weighted by molar-refractivity contribution is 0.0880. The van der Waals surface area contributed by atoms with Crippen molar-refractivity contribution in [3.8, 4) is 0 Å². The van der Waals surface area contributed by atoms with Gasteiger partial charge in [-0.15, -0.1) is 0 Å². The number of pyridine rings is 1. The van der Waals surface area contributed by atoms with Crippen LogP contribution in [0.3, 0.4) is 0 Å². The summed E-state index contributed by atoms with van der Waals surface area (Å²) in [7, 11) is 4.21. The van der Waals surface area contributed by atoms with E-state index in [0.29, 0.717) is 0 Å². The van der Waals surface area contributed by atoms with E-state index < -0.39 is 0 Å². The molecule has 0 radical (unpaired) electrons. The Hall–Kier alpha value is -0.970. The van der Waals surface area contributed by atoms with Gasteiger partial charge in [0.15, 0.2) is 0 Å². The SMILES string of the molecule is CCC(CC)(C(NN)c1cccnc1)N(C)C. The summed E-state index contributed by atoms with van der Waals surface area (Å²) in [6.45, 7) is 4.40. The van der Waals surface area contributed by atoms with Crippen LogP contribution in [0.15, 0.2) is 24.5 Å². The smallest absolute Gasteiger partial charge is 0.0658 e. The molecule has 1 unspecified atom stereocenters. The molecule has 1 rings (SSSR count). The molecule has 1 aromatic rings. The molecule has 0 saturated heterocycles. The van der Waals surface area contributed by atoms with E-state index in [1.807, 2.05) is 12.3 Å². The van der Waals surface area contributed by atoms with Crippen LogP contribution < -0.4 is 11.3 Å². The Labute approximate surface area is 104 Å². The van der Waals surface area contributed by atoms with Crippen molar-refractivity contribution in [2.75, 3.05) is 14.1 Å². The Morgan fingerprint density at radius 3 is 2.41 bits per heavy atom. The number of nitrogens with two attached hydrogens (primary N) is 1. The Bertz CT molecular complexity index is 319. The molecule has 0 fully saturated rings. The van der Waals surface area contributed by atoms with E-state index in [0.717, 1.165) is 18.4 Å². The van der Waals surface area contributed by atoms with E-state index >= 15 is 0 Å². The quantitative estimate of drug-likeness (QED) is 0.583. The predicted molar refractivity (Wildman–Crippen MR) is 71.3 cm³/mol. The molecule has 0 saturated carbocycles. The molecule has 0 bridgehead atoms. The fraction of sp³-hybridized carbons (Fsp3) is 0.615. The topological polar surface area (TPSA) is 54.2 Å². The van der Waals surface area contributed by atoms with Crippen molar-refractivity contribution >= 4 is 0 Å². The summed E-state index contributed by atoms with van der Waals surface area (Å²) in [5, 5.41) is 0. The Morgan fingerprint density at radius 1 is 1.41 bits per heavy atom. The van der Waals surface area contributed by atoms with Gasteiger partial charge in [-0.3, -0.25) is 16.3 Å². The molecule has 3 N–H and O–H groups in total. The summed E-state index contributed by atoms with van der Waals surface area (Å²) >= 11 is 0. The van der Waals surface area contributed by atoms with Gasteiger partial charge in [0.05, 0.1) is 6.04 Å². The highest BCUT2D eigenvalue weighted by Crippen LogP contribution is 2.34. The molecule has 1 heterocycles. The zero-order chi connectivity index (χ0) is 12.9. The van der Waals surface area contributed by atoms with Crippen LogP contribution in [0, 0.1) is 0 Å². The van der Waals surface area contributed by atoms with E-state index in [2.05, 4.69) is 49.3 Å². The highest BCUT2D eigenvalue weighted by molar-refractivity contribution is 5.19. The molecule has 0 aliphatic heterocycles. The first kappa shape index (κ1) is 14.1. The minimum Gasteiger partial charge on any atom is -0.302 e. The molecule has 0 spiro atoms. The number of rotatable bonds is 6. The standard InChI is InChI=1S/C13H24N4/c1-5-13(6-2,17(3)4)12(16-14)11-8-7-9-15-10-11/h7-10,12,16H,5-6,14H2,1-4H3. The normalized spacial score (nSPS) is 14.0. The van der Waals surface area contributed by atoms with Crippen LogP contribution in [0.25, 0.3) is 0 Å². The van der Waals surface area contributed by atoms with Crippen molar-refractivity contribution in [2.24, 2.45) is 5.84 Å². The molecular weight excluding hydrogens is 212 g/mol. The molecular formula is C13H24N4. The fourth-order valence-electron chi connectivity index (χ4n) is 2.66. The molecule has 1 aromatic heterocycles. The first-order valence-corrected chi connectivity index (χ1v) is 6.15. The minimum absolute atomic E-state index is 0.0117. The zero-order valence-electron chi connectivity index (χ0n) is 11.3. The number of hydrogen-bond donors (Lipinski definition) is 2. The first-order chi connectivity index (χ1) is 8.12. The van der Waals surface area contributed by atoms with Crippen LogP contribution in [0.1, 0.15) is 38.3 Å². The van der Waals surface area contributed by atoms with Gasteiger partial charge in [0.1, 0.15) is 0 Å². The number of hydrogen-bond acceptors (Lipinski definition) is 4. The molecule has 4 nitrogen and oxygen atoms in total. The Morgan fingerprint density at radius 2 is 2.06 bits per heavy atom. The van der Waals surface area contributed by atoms with Crippen molar-refractivity contribution in [1.29, 1.82) is 0 Å². The van der Waals surface area contributed by atoms with Gasteiger partial charge in [0.25, 0.3) is 0 Å². The average Bonchev–Trinajstić information content (AvgIpc) is 2.36. The molecule has 0 aromatic carbocycles. The number of nitrogens with zero attached hydrogens (tertiary/aromatic N) is 2. The summed E-state index contributed by atoms with van der Waals surface area (Å²) in [5.41, 5.74) is 4.10. The summed E-state index contributed by atoms with van der Waals surface area (Å²) in [6, 6.07) is 4.10. The summed E-state index contributed by atoms with van der Waals surface area (Å²) in [5.74, 6) is 5.78. The van der Waals surface area contributed by atoms with Gasteiger partial charge >= 0.3 is 0 Å². The van der Waals surface area contributed by atoms with Crippen LogP contribution >= 0.6 is 0 Å². The van der Waals surface area contributed by atoms with E-state index in [1.54, 1.807) is 6.20 Å². The third kappa shape index (κ3) is 2.65. The van der Waals surface area contributed by atoms with Crippen LogP contribution in [-0.2, 0) is 0 Å². The van der Waals surface area contributed by atoms with Crippen molar-refractivity contribution in [2.45, 2.75) is 38.3 Å². The van der Waals surface area contributed by atoms with Crippen molar-refractivity contribution < 1.29 is 0 Å². The molecule has 0 amide bonds. The maximum atomic E-state index is 5.78. The maximum Gasteiger partial charge on any atom is 0.0658 e. The second-order valence-electron chi connectivity index (χ2n) is 4.59. The number of aromatic nitrogens is 1. The Kier molecular flexibility index (Phi) is 5.05. The van der Waals surface area contributed by atoms with Crippen LogP contribution in [0.5, 0.6) is 0 Å². The highest BCUT2D eigenvalue weighted by atomic mass is 15.3. The largest absolute Gasteiger partial charge is 0.302 e. The van der Waals surface area contributed by atoms with E-state index in [9.17, 15) is 0 Å². The fourth-order valence-corrected chi connectivity index (χ4v) is 2.66. The molecule has 96 valence electrons. The van der Waals surface area contributed by atoms with Gasteiger partial charge in [-0.1, -0.05) is 19.9 Å². The van der Waals surface area contributed by atoms with Crippen molar-refractivity contribution in [1.82, 2.24) is 15.3 Å². The van der Waals surface area contributed by atoms with Crippen LogP contribution in [-0.4, -0.2) is 29.5 Å². The number of nitrogens with one attached hydrogen (secondary N) is 1.